The Morgan fingerprint density at radius 3 is 2.68 bits per heavy atom. The number of nitrogens with zero attached hydrogens (tertiary/aromatic N) is 4. The van der Waals surface area contributed by atoms with E-state index >= 15 is 0 Å². The number of amides is 1. The number of likely N-dealkylation sites (tertiary alicyclic amines) is 1. The lowest BCUT2D eigenvalue weighted by molar-refractivity contribution is 0.0699. The minimum Gasteiger partial charge on any atom is -0.336 e. The molecule has 0 bridgehead atoms. The van der Waals surface area contributed by atoms with Gasteiger partial charge in [-0.2, -0.15) is 5.10 Å². The van der Waals surface area contributed by atoms with Crippen LogP contribution in [-0.2, 0) is 0 Å². The van der Waals surface area contributed by atoms with E-state index in [4.69, 9.17) is 0 Å². The molecule has 1 saturated heterocycles. The van der Waals surface area contributed by atoms with E-state index in [1.54, 1.807) is 29.2 Å². The van der Waals surface area contributed by atoms with Gasteiger partial charge in [-0.25, -0.2) is 9.97 Å². The van der Waals surface area contributed by atoms with Crippen molar-refractivity contribution in [3.8, 4) is 0 Å². The molecule has 25 heavy (non-hydrogen) atoms. The molecule has 8 heteroatoms. The first-order chi connectivity index (χ1) is 12.1. The highest BCUT2D eigenvalue weighted by molar-refractivity contribution is 5.92. The molecule has 2 aromatic heterocycles. The molecule has 0 atom stereocenters. The Morgan fingerprint density at radius 1 is 1.20 bits per heavy atom. The Kier molecular flexibility index (Phi) is 3.79. The van der Waals surface area contributed by atoms with Crippen LogP contribution in [0.3, 0.4) is 0 Å². The van der Waals surface area contributed by atoms with Crippen LogP contribution in [0.15, 0.2) is 29.1 Å². The standard InChI is InChI=1S/C17H18N6O2/c1-10-18-14(22-21-10)11-6-8-23(9-7-11)17(25)15-19-13-5-3-2-4-12(13)16(24)20-15/h2-5,11H,6-9H2,1H3,(H,18,21,22)(H,19,20,24). The van der Waals surface area contributed by atoms with Crippen LogP contribution < -0.4 is 5.56 Å². The highest BCUT2D eigenvalue weighted by Gasteiger charge is 2.27. The molecular weight excluding hydrogens is 320 g/mol. The lowest BCUT2D eigenvalue weighted by Crippen LogP contribution is -2.39. The van der Waals surface area contributed by atoms with E-state index in [2.05, 4.69) is 25.1 Å². The summed E-state index contributed by atoms with van der Waals surface area (Å²) in [6, 6.07) is 7.00. The number of carbonyl (C=O) groups is 1. The molecule has 1 aliphatic rings. The lowest BCUT2D eigenvalue weighted by Gasteiger charge is -2.30. The maximum absolute atomic E-state index is 12.7. The van der Waals surface area contributed by atoms with E-state index in [0.717, 1.165) is 24.5 Å². The van der Waals surface area contributed by atoms with Crippen LogP contribution in [-0.4, -0.2) is 49.0 Å². The molecule has 4 rings (SSSR count). The lowest BCUT2D eigenvalue weighted by atomic mass is 9.96. The third-order valence-electron chi connectivity index (χ3n) is 4.58. The van der Waals surface area contributed by atoms with Crippen LogP contribution in [0.4, 0.5) is 0 Å². The summed E-state index contributed by atoms with van der Waals surface area (Å²) in [6.45, 7) is 3.05. The van der Waals surface area contributed by atoms with E-state index in [9.17, 15) is 9.59 Å². The fourth-order valence-electron chi connectivity index (χ4n) is 3.22. The number of rotatable bonds is 2. The molecule has 8 nitrogen and oxygen atoms in total. The Labute approximate surface area is 143 Å². The van der Waals surface area contributed by atoms with Crippen molar-refractivity contribution in [3.63, 3.8) is 0 Å². The van der Waals surface area contributed by atoms with Crippen molar-refractivity contribution in [2.24, 2.45) is 0 Å². The van der Waals surface area contributed by atoms with Gasteiger partial charge in [0.25, 0.3) is 11.5 Å². The summed E-state index contributed by atoms with van der Waals surface area (Å²) < 4.78 is 0. The zero-order valence-electron chi connectivity index (χ0n) is 13.8. The molecule has 0 aliphatic carbocycles. The number of carbonyl (C=O) groups excluding carboxylic acids is 1. The summed E-state index contributed by atoms with van der Waals surface area (Å²) in [5, 5.41) is 7.56. The second kappa shape index (κ2) is 6.12. The number of benzene rings is 1. The van der Waals surface area contributed by atoms with Crippen molar-refractivity contribution in [2.75, 3.05) is 13.1 Å². The summed E-state index contributed by atoms with van der Waals surface area (Å²) in [4.78, 5) is 37.9. The molecule has 0 spiro atoms. The molecule has 3 aromatic rings. The number of H-pyrrole nitrogens is 2. The van der Waals surface area contributed by atoms with E-state index in [0.29, 0.717) is 24.0 Å². The van der Waals surface area contributed by atoms with Gasteiger partial charge >= 0.3 is 0 Å². The largest absolute Gasteiger partial charge is 0.336 e. The number of aryl methyl sites for hydroxylation is 1. The molecule has 0 unspecified atom stereocenters. The summed E-state index contributed by atoms with van der Waals surface area (Å²) in [7, 11) is 0. The first-order valence-corrected chi connectivity index (χ1v) is 8.29. The molecule has 0 radical (unpaired) electrons. The molecule has 1 aliphatic heterocycles. The average Bonchev–Trinajstić information content (AvgIpc) is 3.07. The van der Waals surface area contributed by atoms with Gasteiger partial charge in [-0.05, 0) is 31.9 Å². The number of piperidine rings is 1. The zero-order chi connectivity index (χ0) is 17.4. The van der Waals surface area contributed by atoms with Crippen molar-refractivity contribution in [3.05, 3.63) is 52.1 Å². The van der Waals surface area contributed by atoms with Crippen molar-refractivity contribution in [2.45, 2.75) is 25.7 Å². The second-order valence-electron chi connectivity index (χ2n) is 6.28. The Bertz CT molecular complexity index is 984. The molecule has 128 valence electrons. The van der Waals surface area contributed by atoms with Crippen molar-refractivity contribution in [1.29, 1.82) is 0 Å². The fraction of sp³-hybridized carbons (Fsp3) is 0.353. The van der Waals surface area contributed by atoms with Crippen LogP contribution in [0.5, 0.6) is 0 Å². The van der Waals surface area contributed by atoms with Gasteiger partial charge < -0.3 is 9.88 Å². The third kappa shape index (κ3) is 2.90. The first kappa shape index (κ1) is 15.5. The van der Waals surface area contributed by atoms with Crippen molar-refractivity contribution >= 4 is 16.8 Å². The number of nitrogens with one attached hydrogen (secondary N) is 2. The van der Waals surface area contributed by atoms with Crippen molar-refractivity contribution in [1.82, 2.24) is 30.0 Å². The summed E-state index contributed by atoms with van der Waals surface area (Å²) >= 11 is 0. The van der Waals surface area contributed by atoms with E-state index in [1.807, 2.05) is 6.92 Å². The monoisotopic (exact) mass is 338 g/mol. The van der Waals surface area contributed by atoms with Gasteiger partial charge in [-0.3, -0.25) is 14.7 Å². The molecular formula is C17H18N6O2. The van der Waals surface area contributed by atoms with Gasteiger partial charge in [-0.15, -0.1) is 0 Å². The van der Waals surface area contributed by atoms with Crippen LogP contribution in [0.1, 0.15) is 41.0 Å². The smallest absolute Gasteiger partial charge is 0.289 e. The number of hydrogen-bond acceptors (Lipinski definition) is 5. The summed E-state index contributed by atoms with van der Waals surface area (Å²) in [5.41, 5.74) is 0.237. The molecule has 1 fully saturated rings. The Balaban J connectivity index is 1.51. The summed E-state index contributed by atoms with van der Waals surface area (Å²) in [6.07, 6.45) is 1.59. The zero-order valence-corrected chi connectivity index (χ0v) is 13.8. The Hall–Kier alpha value is -3.03. The number of aromatic nitrogens is 5. The van der Waals surface area contributed by atoms with Gasteiger partial charge in [0.2, 0.25) is 0 Å². The SMILES string of the molecule is Cc1nc(C2CCN(C(=O)c3nc4ccccc4c(=O)[nH]3)CC2)n[nH]1. The second-order valence-corrected chi connectivity index (χ2v) is 6.28. The van der Waals surface area contributed by atoms with Crippen molar-refractivity contribution < 1.29 is 4.79 Å². The van der Waals surface area contributed by atoms with Crippen LogP contribution in [0.2, 0.25) is 0 Å². The maximum atomic E-state index is 12.7. The normalized spacial score (nSPS) is 15.6. The highest BCUT2D eigenvalue weighted by atomic mass is 16.2. The number of hydrogen-bond donors (Lipinski definition) is 2. The molecule has 1 aromatic carbocycles. The predicted molar refractivity (Wildman–Crippen MR) is 91.4 cm³/mol. The van der Waals surface area contributed by atoms with E-state index in [1.165, 1.54) is 0 Å². The molecule has 3 heterocycles. The number of aromatic amines is 2. The highest BCUT2D eigenvalue weighted by Crippen LogP contribution is 2.26. The maximum Gasteiger partial charge on any atom is 0.289 e. The molecule has 2 N–H and O–H groups in total. The van der Waals surface area contributed by atoms with Gasteiger partial charge in [-0.1, -0.05) is 12.1 Å². The van der Waals surface area contributed by atoms with E-state index in [-0.39, 0.29) is 23.2 Å². The van der Waals surface area contributed by atoms with Gasteiger partial charge in [0.05, 0.1) is 10.9 Å². The molecule has 0 saturated carbocycles. The minimum atomic E-state index is -0.292. The first-order valence-electron chi connectivity index (χ1n) is 8.29. The minimum absolute atomic E-state index is 0.0934. The summed E-state index contributed by atoms with van der Waals surface area (Å²) in [5.74, 6) is 1.70. The van der Waals surface area contributed by atoms with E-state index < -0.39 is 0 Å². The Morgan fingerprint density at radius 2 is 1.96 bits per heavy atom. The quantitative estimate of drug-likeness (QED) is 0.734. The van der Waals surface area contributed by atoms with Crippen LogP contribution in [0, 0.1) is 6.92 Å². The van der Waals surface area contributed by atoms with Gasteiger partial charge in [0, 0.05) is 19.0 Å². The van der Waals surface area contributed by atoms with Gasteiger partial charge in [0.15, 0.2) is 11.6 Å². The topological polar surface area (TPSA) is 108 Å². The predicted octanol–water partition coefficient (Wildman–Crippen LogP) is 1.37. The number of fused-ring (bicyclic) bond motifs is 1. The molecule has 1 amide bonds. The average molecular weight is 338 g/mol. The van der Waals surface area contributed by atoms with Crippen LogP contribution >= 0.6 is 0 Å². The van der Waals surface area contributed by atoms with Gasteiger partial charge in [0.1, 0.15) is 5.82 Å². The number of para-hydroxylation sites is 1. The van der Waals surface area contributed by atoms with Crippen LogP contribution in [0.25, 0.3) is 10.9 Å². The third-order valence-corrected chi connectivity index (χ3v) is 4.58. The fourth-order valence-corrected chi connectivity index (χ4v) is 3.22.